The minimum Gasteiger partial charge on any atom is -0.308 e. The Morgan fingerprint density at radius 1 is 1.50 bits per heavy atom. The number of allylic oxidation sites excluding steroid dienone is 2. The molecule has 74 valence electrons. The number of aromatic nitrogens is 2. The van der Waals surface area contributed by atoms with Crippen LogP contribution in [0, 0.1) is 5.92 Å². The molecule has 0 aliphatic heterocycles. The van der Waals surface area contributed by atoms with Crippen molar-refractivity contribution in [2.24, 2.45) is 5.92 Å². The maximum absolute atomic E-state index is 4.22. The normalized spacial score (nSPS) is 11.8. The third kappa shape index (κ3) is 2.22. The Kier molecular flexibility index (Phi) is 3.46. The van der Waals surface area contributed by atoms with Crippen molar-refractivity contribution in [1.82, 2.24) is 9.55 Å². The average molecular weight is 188 g/mol. The van der Waals surface area contributed by atoms with Gasteiger partial charge in [-0.05, 0) is 17.6 Å². The summed E-state index contributed by atoms with van der Waals surface area (Å²) >= 11 is 0. The van der Waals surface area contributed by atoms with Gasteiger partial charge in [-0.3, -0.25) is 0 Å². The van der Waals surface area contributed by atoms with Crippen molar-refractivity contribution < 1.29 is 0 Å². The van der Waals surface area contributed by atoms with E-state index < -0.39 is 0 Å². The predicted molar refractivity (Wildman–Crippen MR) is 61.6 cm³/mol. The lowest BCUT2D eigenvalue weighted by atomic mass is 10.0. The average Bonchev–Trinajstić information content (AvgIpc) is 2.60. The molecule has 0 radical (unpaired) electrons. The van der Waals surface area contributed by atoms with E-state index in [4.69, 9.17) is 0 Å². The van der Waals surface area contributed by atoms with Crippen LogP contribution in [0.3, 0.4) is 0 Å². The molecule has 0 fully saturated rings. The molecule has 1 aromatic heterocycles. The summed E-state index contributed by atoms with van der Waals surface area (Å²) in [6, 6.07) is 0. The maximum Gasteiger partial charge on any atom is 0.136 e. The molecule has 0 aromatic carbocycles. The van der Waals surface area contributed by atoms with Crippen LogP contribution in [0.25, 0.3) is 12.3 Å². The first-order valence-corrected chi connectivity index (χ1v) is 4.68. The summed E-state index contributed by atoms with van der Waals surface area (Å²) < 4.78 is 1.88. The molecule has 0 aliphatic carbocycles. The van der Waals surface area contributed by atoms with E-state index in [1.807, 2.05) is 22.9 Å². The van der Waals surface area contributed by atoms with Gasteiger partial charge < -0.3 is 4.57 Å². The lowest BCUT2D eigenvalue weighted by Crippen LogP contribution is -1.93. The smallest absolute Gasteiger partial charge is 0.136 e. The summed E-state index contributed by atoms with van der Waals surface area (Å²) in [5.74, 6) is 1.35. The number of imidazole rings is 1. The molecule has 0 spiro atoms. The van der Waals surface area contributed by atoms with E-state index >= 15 is 0 Å². The highest BCUT2D eigenvalue weighted by molar-refractivity contribution is 5.52. The first kappa shape index (κ1) is 10.5. The molecular weight excluding hydrogens is 172 g/mol. The second-order valence-electron chi connectivity index (χ2n) is 3.38. The zero-order chi connectivity index (χ0) is 10.6. The lowest BCUT2D eigenvalue weighted by Gasteiger charge is -2.05. The Balaban J connectivity index is 3.05. The molecule has 0 saturated heterocycles. The summed E-state index contributed by atoms with van der Waals surface area (Å²) in [6.45, 7) is 11.8. The van der Waals surface area contributed by atoms with Gasteiger partial charge in [-0.2, -0.15) is 0 Å². The van der Waals surface area contributed by atoms with Crippen LogP contribution in [0.4, 0.5) is 0 Å². The summed E-state index contributed by atoms with van der Waals surface area (Å²) in [5, 5.41) is 0. The monoisotopic (exact) mass is 188 g/mol. The quantitative estimate of drug-likeness (QED) is 0.663. The second-order valence-corrected chi connectivity index (χ2v) is 3.38. The molecule has 0 atom stereocenters. The zero-order valence-electron chi connectivity index (χ0n) is 8.77. The molecule has 2 nitrogen and oxygen atoms in total. The van der Waals surface area contributed by atoms with E-state index in [0.29, 0.717) is 5.92 Å². The zero-order valence-corrected chi connectivity index (χ0v) is 8.77. The molecule has 1 rings (SSSR count). The topological polar surface area (TPSA) is 17.8 Å². The fourth-order valence-corrected chi connectivity index (χ4v) is 1.20. The highest BCUT2D eigenvalue weighted by Crippen LogP contribution is 2.14. The van der Waals surface area contributed by atoms with Crippen LogP contribution < -0.4 is 0 Å². The molecule has 0 bridgehead atoms. The molecule has 0 saturated carbocycles. The minimum absolute atomic E-state index is 0.461. The van der Waals surface area contributed by atoms with Crippen molar-refractivity contribution in [1.29, 1.82) is 0 Å². The molecule has 0 N–H and O–H groups in total. The summed E-state index contributed by atoms with van der Waals surface area (Å²) in [4.78, 5) is 4.22. The van der Waals surface area contributed by atoms with Crippen molar-refractivity contribution in [3.63, 3.8) is 0 Å². The maximum atomic E-state index is 4.22. The van der Waals surface area contributed by atoms with Crippen molar-refractivity contribution in [3.05, 3.63) is 43.0 Å². The van der Waals surface area contributed by atoms with Crippen molar-refractivity contribution in [2.75, 3.05) is 0 Å². The Morgan fingerprint density at radius 3 is 2.71 bits per heavy atom. The van der Waals surface area contributed by atoms with Crippen LogP contribution in [-0.2, 0) is 0 Å². The fraction of sp³-hybridized carbons (Fsp3) is 0.250. The highest BCUT2D eigenvalue weighted by atomic mass is 15.0. The van der Waals surface area contributed by atoms with Crippen molar-refractivity contribution in [2.45, 2.75) is 13.8 Å². The van der Waals surface area contributed by atoms with Gasteiger partial charge in [0.25, 0.3) is 0 Å². The van der Waals surface area contributed by atoms with Crippen LogP contribution >= 0.6 is 0 Å². The molecular formula is C12H16N2. The van der Waals surface area contributed by atoms with E-state index in [1.54, 1.807) is 12.4 Å². The summed E-state index contributed by atoms with van der Waals surface area (Å²) in [7, 11) is 0. The molecule has 2 heteroatoms. The van der Waals surface area contributed by atoms with Crippen LogP contribution in [0.15, 0.2) is 37.2 Å². The second kappa shape index (κ2) is 4.61. The first-order chi connectivity index (χ1) is 6.69. The molecule has 0 amide bonds. The number of hydrogen-bond donors (Lipinski definition) is 0. The van der Waals surface area contributed by atoms with E-state index in [0.717, 1.165) is 5.82 Å². The number of nitrogens with zero attached hydrogens (tertiary/aromatic N) is 2. The van der Waals surface area contributed by atoms with Crippen molar-refractivity contribution >= 4 is 12.3 Å². The molecule has 0 aliphatic rings. The molecule has 1 aromatic rings. The van der Waals surface area contributed by atoms with Crippen molar-refractivity contribution in [3.8, 4) is 0 Å². The Bertz CT molecular complexity index is 356. The Labute approximate surface area is 85.3 Å². The van der Waals surface area contributed by atoms with Gasteiger partial charge >= 0.3 is 0 Å². The third-order valence-electron chi connectivity index (χ3n) is 2.09. The Morgan fingerprint density at radius 2 is 2.21 bits per heavy atom. The van der Waals surface area contributed by atoms with Gasteiger partial charge in [-0.1, -0.05) is 33.1 Å². The molecule has 0 unspecified atom stereocenters. The van der Waals surface area contributed by atoms with Crippen LogP contribution in [-0.4, -0.2) is 9.55 Å². The number of rotatable bonds is 4. The van der Waals surface area contributed by atoms with E-state index in [2.05, 4.69) is 32.0 Å². The van der Waals surface area contributed by atoms with Gasteiger partial charge in [0.05, 0.1) is 0 Å². The predicted octanol–water partition coefficient (Wildman–Crippen LogP) is 3.21. The van der Waals surface area contributed by atoms with Gasteiger partial charge in [0.1, 0.15) is 5.82 Å². The standard InChI is InChI=1S/C12H16N2/c1-5-11(10(3)4)9-12-13-7-8-14(12)6-2/h5-10H,1-2H2,3-4H3/b11-9+. The fourth-order valence-electron chi connectivity index (χ4n) is 1.20. The third-order valence-corrected chi connectivity index (χ3v) is 2.09. The van der Waals surface area contributed by atoms with Gasteiger partial charge in [-0.15, -0.1) is 0 Å². The van der Waals surface area contributed by atoms with Gasteiger partial charge in [0.2, 0.25) is 0 Å². The number of hydrogen-bond acceptors (Lipinski definition) is 1. The van der Waals surface area contributed by atoms with E-state index in [9.17, 15) is 0 Å². The van der Waals surface area contributed by atoms with E-state index in [-0.39, 0.29) is 0 Å². The highest BCUT2D eigenvalue weighted by Gasteiger charge is 2.01. The minimum atomic E-state index is 0.461. The first-order valence-electron chi connectivity index (χ1n) is 4.68. The summed E-state index contributed by atoms with van der Waals surface area (Å²) in [5.41, 5.74) is 1.18. The van der Waals surface area contributed by atoms with Crippen LogP contribution in [0.5, 0.6) is 0 Å². The van der Waals surface area contributed by atoms with Crippen LogP contribution in [0.1, 0.15) is 19.7 Å². The SMILES string of the molecule is C=C/C(=C\c1nccn1C=C)C(C)C. The van der Waals surface area contributed by atoms with Gasteiger partial charge in [0, 0.05) is 18.6 Å². The summed E-state index contributed by atoms with van der Waals surface area (Å²) in [6.07, 6.45) is 9.26. The van der Waals surface area contributed by atoms with Crippen LogP contribution in [0.2, 0.25) is 0 Å². The molecule has 1 heterocycles. The lowest BCUT2D eigenvalue weighted by molar-refractivity contribution is 0.796. The Hall–Kier alpha value is -1.57. The van der Waals surface area contributed by atoms with Gasteiger partial charge in [-0.25, -0.2) is 4.98 Å². The van der Waals surface area contributed by atoms with Gasteiger partial charge in [0.15, 0.2) is 0 Å². The molecule has 14 heavy (non-hydrogen) atoms. The van der Waals surface area contributed by atoms with E-state index in [1.165, 1.54) is 5.57 Å². The largest absolute Gasteiger partial charge is 0.308 e.